The molecule has 0 spiro atoms. The lowest BCUT2D eigenvalue weighted by Crippen LogP contribution is -2.30. The number of nitrogens with zero attached hydrogens (tertiary/aromatic N) is 6. The molecule has 256 valence electrons. The van der Waals surface area contributed by atoms with Crippen molar-refractivity contribution in [2.75, 3.05) is 17.4 Å². The van der Waals surface area contributed by atoms with Crippen molar-refractivity contribution >= 4 is 17.8 Å². The molecule has 1 unspecified atom stereocenters. The van der Waals surface area contributed by atoms with Crippen molar-refractivity contribution in [3.8, 4) is 28.3 Å². The van der Waals surface area contributed by atoms with Crippen molar-refractivity contribution in [3.05, 3.63) is 83.1 Å². The summed E-state index contributed by atoms with van der Waals surface area (Å²) in [6.45, 7) is 1.09. The molecule has 3 aromatic heterocycles. The molecule has 0 saturated carbocycles. The highest BCUT2D eigenvalue weighted by atomic mass is 19.4. The van der Waals surface area contributed by atoms with E-state index >= 15 is 0 Å². The van der Waals surface area contributed by atoms with Crippen LogP contribution in [-0.2, 0) is 4.79 Å². The largest absolute Gasteiger partial charge is 0.497 e. The van der Waals surface area contributed by atoms with E-state index in [1.807, 2.05) is 13.8 Å². The maximum Gasteiger partial charge on any atom is 0.432 e. The van der Waals surface area contributed by atoms with Gasteiger partial charge in [0.25, 0.3) is 5.56 Å². The Morgan fingerprint density at radius 1 is 1.12 bits per heavy atom. The van der Waals surface area contributed by atoms with Crippen LogP contribution < -0.4 is 32.2 Å². The van der Waals surface area contributed by atoms with Crippen molar-refractivity contribution in [3.63, 3.8) is 0 Å². The van der Waals surface area contributed by atoms with Crippen LogP contribution in [0.4, 0.5) is 33.3 Å². The first kappa shape index (κ1) is 35.5. The zero-order chi connectivity index (χ0) is 35.2. The van der Waals surface area contributed by atoms with Crippen LogP contribution in [0.3, 0.4) is 0 Å². The number of carbonyl (C=O) groups is 1. The lowest BCUT2D eigenvalue weighted by atomic mass is 9.99. The van der Waals surface area contributed by atoms with Crippen molar-refractivity contribution in [2.24, 2.45) is 17.5 Å². The number of rotatable bonds is 14. The lowest BCUT2D eigenvalue weighted by molar-refractivity contribution is -0.105. The third-order valence-corrected chi connectivity index (χ3v) is 7.38. The van der Waals surface area contributed by atoms with Gasteiger partial charge in [-0.3, -0.25) is 24.1 Å². The molecule has 0 aliphatic carbocycles. The molecule has 0 radical (unpaired) electrons. The predicted octanol–water partition coefficient (Wildman–Crippen LogP) is 5.60. The Balaban J connectivity index is 1.81. The Morgan fingerprint density at radius 3 is 2.50 bits per heavy atom. The van der Waals surface area contributed by atoms with Gasteiger partial charge in [0.1, 0.15) is 11.4 Å². The minimum atomic E-state index is -4.83. The molecular weight excluding hydrogens is 641 g/mol. The highest BCUT2D eigenvalue weighted by Gasteiger charge is 2.32. The van der Waals surface area contributed by atoms with Gasteiger partial charge in [0.05, 0.1) is 54.1 Å². The van der Waals surface area contributed by atoms with E-state index in [0.29, 0.717) is 52.5 Å². The molecule has 4 aromatic rings. The first-order valence-corrected chi connectivity index (χ1v) is 14.6. The molecule has 1 amide bonds. The zero-order valence-electron chi connectivity index (χ0n) is 26.2. The van der Waals surface area contributed by atoms with Crippen LogP contribution in [0.25, 0.3) is 22.5 Å². The number of carbonyl (C=O) groups excluding carboxylic acids is 1. The Labute approximate surface area is 271 Å². The topological polar surface area (TPSA) is 159 Å². The highest BCUT2D eigenvalue weighted by molar-refractivity contribution is 5.83. The zero-order valence-corrected chi connectivity index (χ0v) is 26.2. The maximum atomic E-state index is 13.8. The number of pyridine rings is 1. The normalized spacial score (nSPS) is 12.8. The Morgan fingerprint density at radius 2 is 1.88 bits per heavy atom. The number of amides is 1. The van der Waals surface area contributed by atoms with E-state index in [4.69, 9.17) is 16.3 Å². The summed E-state index contributed by atoms with van der Waals surface area (Å²) in [4.78, 5) is 33.8. The van der Waals surface area contributed by atoms with Crippen LogP contribution >= 0.6 is 0 Å². The van der Waals surface area contributed by atoms with Crippen molar-refractivity contribution < 1.29 is 31.5 Å². The standard InChI is InChI=1S/C31H34F5N9O3/c1-18(2)5-4-6-26(23-11-19(9-10-39-23)29-24(41-17-46)14-42-45(29)30(32)33)43-16-40-22(13-28(43)47)21-12-20(48-3)7-8-25(21)44(38)15-27(37)31(34,35)36/h7-18,26,30H,4-6,37-38H2,1-3H3,(H,41,46)/b27-15-. The summed E-state index contributed by atoms with van der Waals surface area (Å²) in [6.07, 6.45) is 1.71. The van der Waals surface area contributed by atoms with Crippen LogP contribution in [0.1, 0.15) is 51.4 Å². The number of hydrazine groups is 1. The van der Waals surface area contributed by atoms with Gasteiger partial charge in [-0.2, -0.15) is 27.1 Å². The molecule has 0 aliphatic rings. The van der Waals surface area contributed by atoms with Crippen LogP contribution in [0.2, 0.25) is 0 Å². The number of aromatic nitrogens is 5. The number of benzene rings is 1. The maximum absolute atomic E-state index is 13.8. The molecule has 4 rings (SSSR count). The van der Waals surface area contributed by atoms with Crippen LogP contribution in [0.15, 0.2) is 71.8 Å². The summed E-state index contributed by atoms with van der Waals surface area (Å²) < 4.78 is 74.1. The van der Waals surface area contributed by atoms with Crippen molar-refractivity contribution in [2.45, 2.75) is 51.9 Å². The molecular formula is C31H34F5N9O3. The van der Waals surface area contributed by atoms with Crippen LogP contribution in [0.5, 0.6) is 5.75 Å². The minimum Gasteiger partial charge on any atom is -0.497 e. The first-order valence-electron chi connectivity index (χ1n) is 14.6. The molecule has 0 aliphatic heterocycles. The molecule has 3 heterocycles. The second-order valence-corrected chi connectivity index (χ2v) is 11.1. The third kappa shape index (κ3) is 8.14. The molecule has 0 saturated heterocycles. The number of hydrogen-bond donors (Lipinski definition) is 3. The summed E-state index contributed by atoms with van der Waals surface area (Å²) in [5.41, 5.74) is 4.11. The van der Waals surface area contributed by atoms with Gasteiger partial charge in [-0.25, -0.2) is 15.5 Å². The average Bonchev–Trinajstić information content (AvgIpc) is 3.47. The quantitative estimate of drug-likeness (QED) is 0.0670. The number of halogens is 5. The van der Waals surface area contributed by atoms with Gasteiger partial charge in [-0.15, -0.1) is 0 Å². The summed E-state index contributed by atoms with van der Waals surface area (Å²) in [6, 6.07) is 7.83. The Kier molecular flexibility index (Phi) is 11.1. The summed E-state index contributed by atoms with van der Waals surface area (Å²) >= 11 is 0. The van der Waals surface area contributed by atoms with E-state index in [9.17, 15) is 31.5 Å². The number of nitrogens with one attached hydrogen (secondary N) is 1. The number of alkyl halides is 5. The van der Waals surface area contributed by atoms with Gasteiger partial charge in [0.2, 0.25) is 6.41 Å². The van der Waals surface area contributed by atoms with E-state index in [-0.39, 0.29) is 33.9 Å². The van der Waals surface area contributed by atoms with Crippen molar-refractivity contribution in [1.29, 1.82) is 0 Å². The molecule has 0 fully saturated rings. The van der Waals surface area contributed by atoms with Gasteiger partial charge < -0.3 is 15.8 Å². The SMILES string of the molecule is COc1ccc(N(N)/C=C(\N)C(F)(F)F)c(-c2cc(=O)n(C(CCCC(C)C)c3cc(-c4c(NC=O)cnn4C(F)F)ccn3)cn2)c1. The number of allylic oxidation sites excluding steroid dienone is 1. The van der Waals surface area contributed by atoms with E-state index in [1.165, 1.54) is 60.6 Å². The average molecular weight is 676 g/mol. The smallest absolute Gasteiger partial charge is 0.432 e. The van der Waals surface area contributed by atoms with Gasteiger partial charge in [-0.1, -0.05) is 26.7 Å². The second kappa shape index (κ2) is 15.1. The van der Waals surface area contributed by atoms with Gasteiger partial charge in [-0.05, 0) is 42.7 Å². The Bertz CT molecular complexity index is 1820. The van der Waals surface area contributed by atoms with Gasteiger partial charge >= 0.3 is 12.7 Å². The highest BCUT2D eigenvalue weighted by Crippen LogP contribution is 2.35. The summed E-state index contributed by atoms with van der Waals surface area (Å²) in [5, 5.41) is 6.75. The summed E-state index contributed by atoms with van der Waals surface area (Å²) in [5.74, 6) is 6.62. The number of methoxy groups -OCH3 is 1. The van der Waals surface area contributed by atoms with Crippen molar-refractivity contribution in [1.82, 2.24) is 24.3 Å². The van der Waals surface area contributed by atoms with E-state index in [2.05, 4.69) is 20.4 Å². The molecule has 17 heteroatoms. The van der Waals surface area contributed by atoms with E-state index in [1.54, 1.807) is 0 Å². The fourth-order valence-electron chi connectivity index (χ4n) is 5.05. The molecule has 12 nitrogen and oxygen atoms in total. The van der Waals surface area contributed by atoms with Crippen LogP contribution in [0, 0.1) is 5.92 Å². The lowest BCUT2D eigenvalue weighted by Gasteiger charge is -2.22. The number of anilines is 2. The fourth-order valence-corrected chi connectivity index (χ4v) is 5.05. The van der Waals surface area contributed by atoms with Gasteiger partial charge in [0.15, 0.2) is 0 Å². The number of hydrogen-bond acceptors (Lipinski definition) is 9. The molecule has 48 heavy (non-hydrogen) atoms. The molecule has 1 aromatic carbocycles. The number of nitrogens with two attached hydrogens (primary N) is 2. The second-order valence-electron chi connectivity index (χ2n) is 11.1. The third-order valence-electron chi connectivity index (χ3n) is 7.38. The minimum absolute atomic E-state index is 0.0471. The number of ether oxygens (including phenoxy) is 1. The van der Waals surface area contributed by atoms with Gasteiger partial charge in [0, 0.05) is 29.6 Å². The predicted molar refractivity (Wildman–Crippen MR) is 169 cm³/mol. The molecule has 5 N–H and O–H groups in total. The summed E-state index contributed by atoms with van der Waals surface area (Å²) in [7, 11) is 1.39. The van der Waals surface area contributed by atoms with Crippen LogP contribution in [-0.4, -0.2) is 44.0 Å². The fraction of sp³-hybridized carbons (Fsp3) is 0.323. The molecule has 0 bridgehead atoms. The molecule has 1 atom stereocenters. The van der Waals surface area contributed by atoms with E-state index < -0.39 is 30.0 Å². The first-order chi connectivity index (χ1) is 22.7. The van der Waals surface area contributed by atoms with E-state index in [0.717, 1.165) is 12.6 Å². The Hall–Kier alpha value is -5.32. The monoisotopic (exact) mass is 675 g/mol.